The topological polar surface area (TPSA) is 103 Å². The number of hydrogen-bond acceptors (Lipinski definition) is 4. The molecule has 162 valence electrons. The summed E-state index contributed by atoms with van der Waals surface area (Å²) in [6, 6.07) is 14.9. The third-order valence-corrected chi connectivity index (χ3v) is 5.47. The molecule has 0 atom stereocenters. The Morgan fingerprint density at radius 3 is 2.41 bits per heavy atom. The average Bonchev–Trinajstić information content (AvgIpc) is 3.17. The van der Waals surface area contributed by atoms with E-state index in [1.807, 2.05) is 49.7 Å². The third kappa shape index (κ3) is 3.85. The Bertz CT molecular complexity index is 1350. The van der Waals surface area contributed by atoms with Gasteiger partial charge in [0.1, 0.15) is 0 Å². The van der Waals surface area contributed by atoms with Gasteiger partial charge in [-0.1, -0.05) is 24.3 Å². The van der Waals surface area contributed by atoms with Gasteiger partial charge in [-0.05, 0) is 63.1 Å². The number of rotatable bonds is 5. The Morgan fingerprint density at radius 2 is 1.75 bits per heavy atom. The van der Waals surface area contributed by atoms with E-state index in [-0.39, 0.29) is 11.9 Å². The van der Waals surface area contributed by atoms with Crippen LogP contribution in [0.3, 0.4) is 0 Å². The average molecular weight is 428 g/mol. The molecule has 0 aliphatic heterocycles. The molecular weight excluding hydrogens is 402 g/mol. The maximum atomic E-state index is 13.3. The van der Waals surface area contributed by atoms with E-state index in [9.17, 15) is 9.59 Å². The standard InChI is InChI=1S/C25H25N5O2/c1-14(2)30-24-21(13-27-30)20(12-22(29-24)18-8-6-5-7-15(18)3)25(32)28-17-9-10-19(23(26)31)16(4)11-17/h5-14H,1-4H3,(H2,26,31)(H,28,32). The van der Waals surface area contributed by atoms with E-state index in [0.717, 1.165) is 11.1 Å². The fraction of sp³-hybridized carbons (Fsp3) is 0.200. The molecular formula is C25H25N5O2. The van der Waals surface area contributed by atoms with Crippen molar-refractivity contribution in [3.8, 4) is 11.3 Å². The molecule has 3 N–H and O–H groups in total. The lowest BCUT2D eigenvalue weighted by molar-refractivity contribution is 0.0998. The van der Waals surface area contributed by atoms with E-state index in [1.54, 1.807) is 37.4 Å². The third-order valence-electron chi connectivity index (χ3n) is 5.47. The van der Waals surface area contributed by atoms with Gasteiger partial charge in [0, 0.05) is 22.9 Å². The minimum atomic E-state index is -0.500. The van der Waals surface area contributed by atoms with Gasteiger partial charge in [0.2, 0.25) is 5.91 Å². The predicted molar refractivity (Wildman–Crippen MR) is 126 cm³/mol. The highest BCUT2D eigenvalue weighted by Crippen LogP contribution is 2.29. The highest BCUT2D eigenvalue weighted by atomic mass is 16.2. The highest BCUT2D eigenvalue weighted by Gasteiger charge is 2.19. The second kappa shape index (κ2) is 8.26. The molecule has 7 heteroatoms. The van der Waals surface area contributed by atoms with Crippen LogP contribution in [-0.4, -0.2) is 26.6 Å². The van der Waals surface area contributed by atoms with Crippen LogP contribution in [0.1, 0.15) is 51.7 Å². The zero-order valence-corrected chi connectivity index (χ0v) is 18.5. The summed E-state index contributed by atoms with van der Waals surface area (Å²) in [6.45, 7) is 7.85. The molecule has 4 aromatic rings. The molecule has 0 radical (unpaired) electrons. The van der Waals surface area contributed by atoms with Gasteiger partial charge in [-0.2, -0.15) is 5.10 Å². The zero-order chi connectivity index (χ0) is 23.0. The molecule has 0 aliphatic carbocycles. The van der Waals surface area contributed by atoms with E-state index in [0.29, 0.717) is 39.1 Å². The first-order valence-corrected chi connectivity index (χ1v) is 10.4. The van der Waals surface area contributed by atoms with E-state index in [4.69, 9.17) is 10.7 Å². The number of nitrogens with one attached hydrogen (secondary N) is 1. The quantitative estimate of drug-likeness (QED) is 0.484. The first-order valence-electron chi connectivity index (χ1n) is 10.4. The van der Waals surface area contributed by atoms with Crippen molar-refractivity contribution in [2.45, 2.75) is 33.7 Å². The molecule has 2 aromatic carbocycles. The Hall–Kier alpha value is -4.00. The lowest BCUT2D eigenvalue weighted by Crippen LogP contribution is -2.15. The van der Waals surface area contributed by atoms with E-state index < -0.39 is 5.91 Å². The van der Waals surface area contributed by atoms with Gasteiger partial charge >= 0.3 is 0 Å². The molecule has 0 fully saturated rings. The maximum Gasteiger partial charge on any atom is 0.256 e. The molecule has 0 saturated carbocycles. The monoisotopic (exact) mass is 427 g/mol. The molecule has 0 unspecified atom stereocenters. The number of benzene rings is 2. The van der Waals surface area contributed by atoms with Crippen molar-refractivity contribution in [2.24, 2.45) is 5.73 Å². The number of amides is 2. The van der Waals surface area contributed by atoms with Gasteiger partial charge < -0.3 is 11.1 Å². The van der Waals surface area contributed by atoms with E-state index in [1.165, 1.54) is 0 Å². The zero-order valence-electron chi connectivity index (χ0n) is 18.5. The number of nitrogens with two attached hydrogens (primary N) is 1. The van der Waals surface area contributed by atoms with Crippen LogP contribution < -0.4 is 11.1 Å². The smallest absolute Gasteiger partial charge is 0.256 e. The lowest BCUT2D eigenvalue weighted by atomic mass is 10.0. The molecule has 0 aliphatic rings. The summed E-state index contributed by atoms with van der Waals surface area (Å²) in [5, 5.41) is 8.08. The molecule has 7 nitrogen and oxygen atoms in total. The van der Waals surface area contributed by atoms with E-state index >= 15 is 0 Å². The molecule has 2 aromatic heterocycles. The second-order valence-electron chi connectivity index (χ2n) is 8.14. The summed E-state index contributed by atoms with van der Waals surface area (Å²) >= 11 is 0. The first kappa shape index (κ1) is 21.2. The minimum absolute atomic E-state index is 0.0898. The van der Waals surface area contributed by atoms with Crippen LogP contribution in [-0.2, 0) is 0 Å². The summed E-state index contributed by atoms with van der Waals surface area (Å²) in [7, 11) is 0. The number of fused-ring (bicyclic) bond motifs is 1. The van der Waals surface area contributed by atoms with E-state index in [2.05, 4.69) is 10.4 Å². The Morgan fingerprint density at radius 1 is 1.00 bits per heavy atom. The Balaban J connectivity index is 1.82. The molecule has 4 rings (SSSR count). The highest BCUT2D eigenvalue weighted by molar-refractivity contribution is 6.12. The SMILES string of the molecule is Cc1cc(NC(=O)c2cc(-c3ccccc3C)nc3c2cnn3C(C)C)ccc1C(N)=O. The second-order valence-corrected chi connectivity index (χ2v) is 8.14. The number of carbonyl (C=O) groups is 2. The molecule has 0 saturated heterocycles. The van der Waals surface area contributed by atoms with Gasteiger partial charge in [-0.3, -0.25) is 9.59 Å². The number of aromatic nitrogens is 3. The number of pyridine rings is 1. The van der Waals surface area contributed by atoms with Crippen LogP contribution in [0.25, 0.3) is 22.3 Å². The van der Waals surface area contributed by atoms with Crippen LogP contribution in [0.5, 0.6) is 0 Å². The number of aryl methyl sites for hydroxylation is 2. The summed E-state index contributed by atoms with van der Waals surface area (Å²) in [5.74, 6) is -0.776. The van der Waals surface area contributed by atoms with Crippen molar-refractivity contribution in [1.29, 1.82) is 0 Å². The fourth-order valence-electron chi connectivity index (χ4n) is 3.80. The summed E-state index contributed by atoms with van der Waals surface area (Å²) in [5.41, 5.74) is 11.0. The van der Waals surface area contributed by atoms with Gasteiger partial charge in [0.25, 0.3) is 5.91 Å². The molecule has 32 heavy (non-hydrogen) atoms. The maximum absolute atomic E-state index is 13.3. The number of anilines is 1. The summed E-state index contributed by atoms with van der Waals surface area (Å²) in [6.07, 6.45) is 1.68. The van der Waals surface area contributed by atoms with Crippen LogP contribution >= 0.6 is 0 Å². The van der Waals surface area contributed by atoms with Crippen molar-refractivity contribution in [3.05, 3.63) is 77.0 Å². The largest absolute Gasteiger partial charge is 0.366 e. The van der Waals surface area contributed by atoms with Gasteiger partial charge in [0.15, 0.2) is 5.65 Å². The number of nitrogens with zero attached hydrogens (tertiary/aromatic N) is 3. The first-order chi connectivity index (χ1) is 15.3. The molecule has 2 heterocycles. The van der Waals surface area contributed by atoms with Crippen LogP contribution in [0.2, 0.25) is 0 Å². The fourth-order valence-corrected chi connectivity index (χ4v) is 3.80. The minimum Gasteiger partial charge on any atom is -0.366 e. The lowest BCUT2D eigenvalue weighted by Gasteiger charge is -2.13. The summed E-state index contributed by atoms with van der Waals surface area (Å²) < 4.78 is 1.82. The number of hydrogen-bond donors (Lipinski definition) is 2. The van der Waals surface area contributed by atoms with Crippen molar-refractivity contribution in [3.63, 3.8) is 0 Å². The van der Waals surface area contributed by atoms with Gasteiger partial charge in [-0.15, -0.1) is 0 Å². The molecule has 0 spiro atoms. The Labute approximate surface area is 186 Å². The van der Waals surface area contributed by atoms with Crippen molar-refractivity contribution in [1.82, 2.24) is 14.8 Å². The summed E-state index contributed by atoms with van der Waals surface area (Å²) in [4.78, 5) is 29.7. The number of primary amides is 1. The Kier molecular flexibility index (Phi) is 5.48. The normalized spacial score (nSPS) is 11.2. The predicted octanol–water partition coefficient (Wildman–Crippen LogP) is 4.65. The van der Waals surface area contributed by atoms with Crippen molar-refractivity contribution >= 4 is 28.5 Å². The van der Waals surface area contributed by atoms with Crippen LogP contribution in [0, 0.1) is 13.8 Å². The molecule has 2 amide bonds. The van der Waals surface area contributed by atoms with Gasteiger partial charge in [0.05, 0.1) is 22.8 Å². The number of carbonyl (C=O) groups excluding carboxylic acids is 2. The van der Waals surface area contributed by atoms with Crippen LogP contribution in [0.15, 0.2) is 54.7 Å². The van der Waals surface area contributed by atoms with Crippen molar-refractivity contribution < 1.29 is 9.59 Å². The van der Waals surface area contributed by atoms with Crippen LogP contribution in [0.4, 0.5) is 5.69 Å². The van der Waals surface area contributed by atoms with Crippen molar-refractivity contribution in [2.75, 3.05) is 5.32 Å². The molecule has 0 bridgehead atoms. The van der Waals surface area contributed by atoms with Gasteiger partial charge in [-0.25, -0.2) is 9.67 Å².